The van der Waals surface area contributed by atoms with Gasteiger partial charge in [-0.05, 0) is 50.5 Å². The third-order valence-corrected chi connectivity index (χ3v) is 4.93. The van der Waals surface area contributed by atoms with Crippen LogP contribution in [-0.2, 0) is 16.1 Å². The highest BCUT2D eigenvalue weighted by molar-refractivity contribution is 6.31. The lowest BCUT2D eigenvalue weighted by atomic mass is 10.1. The molecule has 0 fully saturated rings. The number of nitrogens with one attached hydrogen (secondary N) is 1. The van der Waals surface area contributed by atoms with Crippen LogP contribution >= 0.6 is 11.6 Å². The number of para-hydroxylation sites is 1. The second kappa shape index (κ2) is 10.9. The lowest BCUT2D eigenvalue weighted by molar-refractivity contribution is -0.143. The van der Waals surface area contributed by atoms with Crippen molar-refractivity contribution in [1.82, 2.24) is 10.2 Å². The standard InChI is InChI=1S/C23H29ClN2O3/c1-5-20(23(28)25-16(2)3)26(14-18-11-7-8-12-19(18)24)22(27)15-29-21-13-9-6-10-17(21)4/h6-13,16,20H,5,14-15H2,1-4H3,(H,25,28)/t20-/m0/s1. The average Bonchev–Trinajstić information content (AvgIpc) is 2.68. The van der Waals surface area contributed by atoms with Crippen LogP contribution in [0.3, 0.4) is 0 Å². The molecule has 2 amide bonds. The van der Waals surface area contributed by atoms with Crippen molar-refractivity contribution in [3.05, 3.63) is 64.7 Å². The maximum atomic E-state index is 13.1. The first-order valence-corrected chi connectivity index (χ1v) is 10.2. The molecule has 1 N–H and O–H groups in total. The molecule has 1 atom stereocenters. The van der Waals surface area contributed by atoms with Crippen molar-refractivity contribution in [2.75, 3.05) is 6.61 Å². The van der Waals surface area contributed by atoms with Crippen LogP contribution in [0.15, 0.2) is 48.5 Å². The minimum Gasteiger partial charge on any atom is -0.484 e. The Labute approximate surface area is 178 Å². The molecular formula is C23H29ClN2O3. The highest BCUT2D eigenvalue weighted by Gasteiger charge is 2.29. The van der Waals surface area contributed by atoms with Crippen molar-refractivity contribution >= 4 is 23.4 Å². The van der Waals surface area contributed by atoms with Crippen molar-refractivity contribution in [1.29, 1.82) is 0 Å². The van der Waals surface area contributed by atoms with Gasteiger partial charge in [-0.3, -0.25) is 9.59 Å². The van der Waals surface area contributed by atoms with E-state index in [0.29, 0.717) is 17.2 Å². The highest BCUT2D eigenvalue weighted by Crippen LogP contribution is 2.21. The molecule has 5 nitrogen and oxygen atoms in total. The number of nitrogens with zero attached hydrogens (tertiary/aromatic N) is 1. The van der Waals surface area contributed by atoms with Gasteiger partial charge in [0.25, 0.3) is 5.91 Å². The molecule has 0 saturated heterocycles. The van der Waals surface area contributed by atoms with Gasteiger partial charge in [-0.25, -0.2) is 0 Å². The van der Waals surface area contributed by atoms with E-state index in [1.807, 2.05) is 70.2 Å². The summed E-state index contributed by atoms with van der Waals surface area (Å²) in [6.07, 6.45) is 0.485. The topological polar surface area (TPSA) is 58.6 Å². The molecule has 0 aliphatic heterocycles. The quantitative estimate of drug-likeness (QED) is 0.660. The van der Waals surface area contributed by atoms with E-state index in [2.05, 4.69) is 5.32 Å². The predicted octanol–water partition coefficient (Wildman–Crippen LogP) is 4.36. The molecule has 2 aromatic carbocycles. The number of aryl methyl sites for hydroxylation is 1. The summed E-state index contributed by atoms with van der Waals surface area (Å²) in [7, 11) is 0. The Hall–Kier alpha value is -2.53. The van der Waals surface area contributed by atoms with E-state index in [0.717, 1.165) is 11.1 Å². The first-order valence-electron chi connectivity index (χ1n) is 9.85. The number of hydrogen-bond donors (Lipinski definition) is 1. The number of benzene rings is 2. The Kier molecular flexibility index (Phi) is 8.52. The summed E-state index contributed by atoms with van der Waals surface area (Å²) < 4.78 is 5.75. The summed E-state index contributed by atoms with van der Waals surface area (Å²) in [5, 5.41) is 3.47. The Morgan fingerprint density at radius 2 is 1.76 bits per heavy atom. The molecule has 0 aliphatic carbocycles. The summed E-state index contributed by atoms with van der Waals surface area (Å²) in [4.78, 5) is 27.4. The molecule has 156 valence electrons. The Balaban J connectivity index is 2.24. The lowest BCUT2D eigenvalue weighted by Gasteiger charge is -2.31. The summed E-state index contributed by atoms with van der Waals surface area (Å²) in [5.74, 6) is 0.205. The molecule has 0 saturated carbocycles. The number of ether oxygens (including phenoxy) is 1. The van der Waals surface area contributed by atoms with Crippen LogP contribution in [0.1, 0.15) is 38.3 Å². The second-order valence-electron chi connectivity index (χ2n) is 7.25. The van der Waals surface area contributed by atoms with Crippen LogP contribution < -0.4 is 10.1 Å². The zero-order chi connectivity index (χ0) is 21.4. The summed E-state index contributed by atoms with van der Waals surface area (Å²) in [6.45, 7) is 7.69. The summed E-state index contributed by atoms with van der Waals surface area (Å²) >= 11 is 6.31. The smallest absolute Gasteiger partial charge is 0.261 e. The summed E-state index contributed by atoms with van der Waals surface area (Å²) in [6, 6.07) is 14.2. The van der Waals surface area contributed by atoms with Crippen molar-refractivity contribution in [2.24, 2.45) is 0 Å². The third kappa shape index (κ3) is 6.50. The van der Waals surface area contributed by atoms with Crippen molar-refractivity contribution in [3.63, 3.8) is 0 Å². The Bertz CT molecular complexity index is 838. The number of hydrogen-bond acceptors (Lipinski definition) is 3. The lowest BCUT2D eigenvalue weighted by Crippen LogP contribution is -2.51. The largest absolute Gasteiger partial charge is 0.484 e. The van der Waals surface area contributed by atoms with E-state index in [4.69, 9.17) is 16.3 Å². The fourth-order valence-electron chi connectivity index (χ4n) is 3.05. The van der Waals surface area contributed by atoms with Crippen LogP contribution in [0.4, 0.5) is 0 Å². The molecule has 0 heterocycles. The third-order valence-electron chi connectivity index (χ3n) is 4.56. The Morgan fingerprint density at radius 3 is 2.38 bits per heavy atom. The molecular weight excluding hydrogens is 388 g/mol. The molecule has 0 spiro atoms. The van der Waals surface area contributed by atoms with Gasteiger partial charge in [0.05, 0.1) is 0 Å². The minimum absolute atomic E-state index is 0.0166. The van der Waals surface area contributed by atoms with Gasteiger partial charge in [-0.2, -0.15) is 0 Å². The fraction of sp³-hybridized carbons (Fsp3) is 0.391. The first kappa shape index (κ1) is 22.8. The van der Waals surface area contributed by atoms with Gasteiger partial charge >= 0.3 is 0 Å². The van der Waals surface area contributed by atoms with Crippen LogP contribution in [0.2, 0.25) is 5.02 Å². The fourth-order valence-corrected chi connectivity index (χ4v) is 3.25. The van der Waals surface area contributed by atoms with E-state index in [1.54, 1.807) is 11.0 Å². The van der Waals surface area contributed by atoms with Crippen molar-refractivity contribution in [2.45, 2.75) is 52.7 Å². The van der Waals surface area contributed by atoms with Gasteiger partial charge in [0.15, 0.2) is 6.61 Å². The van der Waals surface area contributed by atoms with Crippen molar-refractivity contribution < 1.29 is 14.3 Å². The minimum atomic E-state index is -0.610. The highest BCUT2D eigenvalue weighted by atomic mass is 35.5. The molecule has 2 aromatic rings. The van der Waals surface area contributed by atoms with Gasteiger partial charge in [-0.1, -0.05) is 54.9 Å². The molecule has 0 aromatic heterocycles. The van der Waals surface area contributed by atoms with Gasteiger partial charge in [0.2, 0.25) is 5.91 Å². The summed E-state index contributed by atoms with van der Waals surface area (Å²) in [5.41, 5.74) is 1.73. The number of carbonyl (C=O) groups is 2. The van der Waals surface area contributed by atoms with Crippen LogP contribution in [0.25, 0.3) is 0 Å². The molecule has 6 heteroatoms. The molecule has 0 bridgehead atoms. The zero-order valence-corrected chi connectivity index (χ0v) is 18.2. The SMILES string of the molecule is CC[C@@H](C(=O)NC(C)C)N(Cc1ccccc1Cl)C(=O)COc1ccccc1C. The zero-order valence-electron chi connectivity index (χ0n) is 17.4. The molecule has 29 heavy (non-hydrogen) atoms. The van der Waals surface area contributed by atoms with Gasteiger partial charge in [-0.15, -0.1) is 0 Å². The second-order valence-corrected chi connectivity index (χ2v) is 7.66. The van der Waals surface area contributed by atoms with E-state index < -0.39 is 6.04 Å². The van der Waals surface area contributed by atoms with Gasteiger partial charge < -0.3 is 15.0 Å². The first-order chi connectivity index (χ1) is 13.8. The van der Waals surface area contributed by atoms with Crippen molar-refractivity contribution in [3.8, 4) is 5.75 Å². The van der Waals surface area contributed by atoms with Gasteiger partial charge in [0.1, 0.15) is 11.8 Å². The number of amides is 2. The van der Waals surface area contributed by atoms with E-state index in [9.17, 15) is 9.59 Å². The Morgan fingerprint density at radius 1 is 1.10 bits per heavy atom. The number of halogens is 1. The predicted molar refractivity (Wildman–Crippen MR) is 116 cm³/mol. The van der Waals surface area contributed by atoms with E-state index in [1.165, 1.54) is 0 Å². The van der Waals surface area contributed by atoms with Crippen LogP contribution in [0.5, 0.6) is 5.75 Å². The normalized spacial score (nSPS) is 11.8. The maximum Gasteiger partial charge on any atom is 0.261 e. The van der Waals surface area contributed by atoms with Crippen LogP contribution in [0, 0.1) is 6.92 Å². The number of carbonyl (C=O) groups excluding carboxylic acids is 2. The molecule has 0 unspecified atom stereocenters. The van der Waals surface area contributed by atoms with E-state index in [-0.39, 0.29) is 31.0 Å². The molecule has 0 radical (unpaired) electrons. The molecule has 2 rings (SSSR count). The van der Waals surface area contributed by atoms with E-state index >= 15 is 0 Å². The maximum absolute atomic E-state index is 13.1. The average molecular weight is 417 g/mol. The monoisotopic (exact) mass is 416 g/mol. The number of rotatable bonds is 9. The molecule has 0 aliphatic rings. The van der Waals surface area contributed by atoms with Gasteiger partial charge in [0, 0.05) is 17.6 Å². The van der Waals surface area contributed by atoms with Crippen LogP contribution in [-0.4, -0.2) is 35.4 Å².